The first-order valence-electron chi connectivity index (χ1n) is 6.22. The highest BCUT2D eigenvalue weighted by atomic mass is 79.9. The molecule has 1 fully saturated rings. The van der Waals surface area contributed by atoms with Crippen LogP contribution in [0.1, 0.15) is 34.1 Å². The summed E-state index contributed by atoms with van der Waals surface area (Å²) >= 11 is 3.07. The smallest absolute Gasteiger partial charge is 0.150 e. The van der Waals surface area contributed by atoms with Gasteiger partial charge in [-0.25, -0.2) is 8.78 Å². The van der Waals surface area contributed by atoms with Crippen molar-refractivity contribution in [1.82, 2.24) is 0 Å². The van der Waals surface area contributed by atoms with E-state index < -0.39 is 17.2 Å². The van der Waals surface area contributed by atoms with E-state index in [0.29, 0.717) is 10.9 Å². The lowest BCUT2D eigenvalue weighted by Crippen LogP contribution is -2.38. The van der Waals surface area contributed by atoms with Gasteiger partial charge in [0.05, 0.1) is 17.2 Å². The van der Waals surface area contributed by atoms with Gasteiger partial charge in [-0.15, -0.1) is 0 Å². The van der Waals surface area contributed by atoms with Gasteiger partial charge < -0.3 is 10.1 Å². The van der Waals surface area contributed by atoms with E-state index in [9.17, 15) is 8.78 Å². The molecule has 0 spiro atoms. The fourth-order valence-electron chi connectivity index (χ4n) is 2.64. The third kappa shape index (κ3) is 3.08. The van der Waals surface area contributed by atoms with Crippen molar-refractivity contribution in [3.8, 4) is 0 Å². The number of nitrogens with one attached hydrogen (secondary N) is 1. The Morgan fingerprint density at radius 1 is 1.21 bits per heavy atom. The van der Waals surface area contributed by atoms with Gasteiger partial charge in [-0.1, -0.05) is 15.9 Å². The quantitative estimate of drug-likeness (QED) is 0.861. The predicted octanol–water partition coefficient (Wildman–Crippen LogP) is 4.49. The van der Waals surface area contributed by atoms with Crippen LogP contribution in [0.2, 0.25) is 0 Å². The van der Waals surface area contributed by atoms with Crippen molar-refractivity contribution >= 4 is 21.6 Å². The van der Waals surface area contributed by atoms with E-state index in [1.165, 1.54) is 12.1 Å². The summed E-state index contributed by atoms with van der Waals surface area (Å²) in [5.74, 6) is -1.21. The van der Waals surface area contributed by atoms with Crippen LogP contribution in [0.25, 0.3) is 0 Å². The van der Waals surface area contributed by atoms with Crippen molar-refractivity contribution in [1.29, 1.82) is 0 Å². The first kappa shape index (κ1) is 14.7. The fourth-order valence-corrected chi connectivity index (χ4v) is 3.04. The Balaban J connectivity index is 2.27. The molecule has 2 nitrogen and oxygen atoms in total. The van der Waals surface area contributed by atoms with Crippen LogP contribution in [0, 0.1) is 11.6 Å². The molecule has 1 atom stereocenters. The van der Waals surface area contributed by atoms with Crippen molar-refractivity contribution < 1.29 is 13.5 Å². The summed E-state index contributed by atoms with van der Waals surface area (Å²) in [7, 11) is 0. The van der Waals surface area contributed by atoms with E-state index in [4.69, 9.17) is 4.74 Å². The summed E-state index contributed by atoms with van der Waals surface area (Å²) in [6.45, 7) is 7.80. The van der Waals surface area contributed by atoms with Gasteiger partial charge >= 0.3 is 0 Å². The summed E-state index contributed by atoms with van der Waals surface area (Å²) in [6.07, 6.45) is 0.689. The van der Waals surface area contributed by atoms with E-state index in [0.717, 1.165) is 0 Å². The molecule has 106 valence electrons. The molecule has 1 aliphatic rings. The highest BCUT2D eigenvalue weighted by Crippen LogP contribution is 2.39. The number of benzene rings is 1. The van der Waals surface area contributed by atoms with Crippen LogP contribution >= 0.6 is 15.9 Å². The number of hydrogen-bond donors (Lipinski definition) is 1. The maximum absolute atomic E-state index is 13.8. The zero-order valence-electron chi connectivity index (χ0n) is 11.5. The molecule has 0 amide bonds. The van der Waals surface area contributed by atoms with Crippen LogP contribution in [0.3, 0.4) is 0 Å². The Hall–Kier alpha value is -0.680. The number of hydrogen-bond acceptors (Lipinski definition) is 2. The molecule has 1 N–H and O–H groups in total. The summed E-state index contributed by atoms with van der Waals surface area (Å²) in [5, 5.41) is 2.95. The van der Waals surface area contributed by atoms with E-state index >= 15 is 0 Å². The molecule has 0 aliphatic carbocycles. The minimum atomic E-state index is -0.604. The van der Waals surface area contributed by atoms with Crippen LogP contribution in [0.15, 0.2) is 16.6 Å². The van der Waals surface area contributed by atoms with Gasteiger partial charge in [0.1, 0.15) is 17.3 Å². The summed E-state index contributed by atoms with van der Waals surface area (Å²) < 4.78 is 34.0. The molecular formula is C14H18BrF2NO. The Morgan fingerprint density at radius 2 is 1.74 bits per heavy atom. The fraction of sp³-hybridized carbons (Fsp3) is 0.571. The highest BCUT2D eigenvalue weighted by Gasteiger charge is 2.46. The van der Waals surface area contributed by atoms with Crippen LogP contribution < -0.4 is 5.32 Å². The molecule has 0 radical (unpaired) electrons. The summed E-state index contributed by atoms with van der Waals surface area (Å²) in [4.78, 5) is 0. The largest absolute Gasteiger partial charge is 0.375 e. The topological polar surface area (TPSA) is 21.3 Å². The number of ether oxygens (including phenoxy) is 1. The van der Waals surface area contributed by atoms with Gasteiger partial charge in [0.25, 0.3) is 0 Å². The first-order valence-corrected chi connectivity index (χ1v) is 7.01. The standard InChI is InChI=1S/C14H18BrF2NO/c1-13(2)7-11(14(3,4)19-13)18-12-9(16)5-8(15)6-10(12)17/h5-6,11,18H,7H2,1-4H3. The van der Waals surface area contributed by atoms with Gasteiger partial charge in [0.2, 0.25) is 0 Å². The van der Waals surface area contributed by atoms with Gasteiger partial charge in [0.15, 0.2) is 0 Å². The maximum atomic E-state index is 13.8. The molecule has 0 bridgehead atoms. The molecule has 0 saturated carbocycles. The summed E-state index contributed by atoms with van der Waals surface area (Å²) in [6, 6.07) is 2.35. The van der Waals surface area contributed by atoms with E-state index in [-0.39, 0.29) is 17.3 Å². The third-order valence-electron chi connectivity index (χ3n) is 3.40. The summed E-state index contributed by atoms with van der Waals surface area (Å²) in [5.41, 5.74) is -0.874. The third-order valence-corrected chi connectivity index (χ3v) is 3.86. The maximum Gasteiger partial charge on any atom is 0.150 e. The van der Waals surface area contributed by atoms with Crippen LogP contribution in [0.5, 0.6) is 0 Å². The predicted molar refractivity (Wildman–Crippen MR) is 75.3 cm³/mol. The zero-order chi connectivity index (χ0) is 14.4. The van der Waals surface area contributed by atoms with Gasteiger partial charge in [0, 0.05) is 4.47 Å². The lowest BCUT2D eigenvalue weighted by atomic mass is 9.94. The van der Waals surface area contributed by atoms with Gasteiger partial charge in [-0.3, -0.25) is 0 Å². The van der Waals surface area contributed by atoms with Crippen molar-refractivity contribution in [2.75, 3.05) is 5.32 Å². The van der Waals surface area contributed by atoms with E-state index in [1.54, 1.807) is 0 Å². The second-order valence-corrected chi connectivity index (χ2v) is 7.03. The Labute approximate surface area is 120 Å². The average Bonchev–Trinajstić information content (AvgIpc) is 2.39. The Bertz CT molecular complexity index is 479. The number of halogens is 3. The molecule has 1 unspecified atom stereocenters. The lowest BCUT2D eigenvalue weighted by molar-refractivity contribution is -0.0662. The zero-order valence-corrected chi connectivity index (χ0v) is 13.1. The second-order valence-electron chi connectivity index (χ2n) is 6.11. The van der Waals surface area contributed by atoms with E-state index in [2.05, 4.69) is 21.2 Å². The molecule has 1 heterocycles. The molecule has 1 aromatic carbocycles. The van der Waals surface area contributed by atoms with Gasteiger partial charge in [-0.05, 0) is 46.2 Å². The molecule has 1 aromatic rings. The Kier molecular flexibility index (Phi) is 3.64. The SMILES string of the molecule is CC1(C)CC(Nc2c(F)cc(Br)cc2F)C(C)(C)O1. The second kappa shape index (κ2) is 4.70. The first-order chi connectivity index (χ1) is 8.61. The Morgan fingerprint density at radius 3 is 2.16 bits per heavy atom. The molecule has 5 heteroatoms. The lowest BCUT2D eigenvalue weighted by Gasteiger charge is -2.28. The van der Waals surface area contributed by atoms with Crippen molar-refractivity contribution in [3.05, 3.63) is 28.2 Å². The monoisotopic (exact) mass is 333 g/mol. The normalized spacial score (nSPS) is 24.5. The van der Waals surface area contributed by atoms with Crippen LogP contribution in [0.4, 0.5) is 14.5 Å². The van der Waals surface area contributed by atoms with Crippen molar-refractivity contribution in [3.63, 3.8) is 0 Å². The van der Waals surface area contributed by atoms with Gasteiger partial charge in [-0.2, -0.15) is 0 Å². The highest BCUT2D eigenvalue weighted by molar-refractivity contribution is 9.10. The van der Waals surface area contributed by atoms with E-state index in [1.807, 2.05) is 27.7 Å². The van der Waals surface area contributed by atoms with Crippen molar-refractivity contribution in [2.45, 2.75) is 51.4 Å². The molecule has 1 aliphatic heterocycles. The molecule has 19 heavy (non-hydrogen) atoms. The minimum Gasteiger partial charge on any atom is -0.375 e. The average molecular weight is 334 g/mol. The number of anilines is 1. The molecular weight excluding hydrogens is 316 g/mol. The molecule has 0 aromatic heterocycles. The van der Waals surface area contributed by atoms with Crippen LogP contribution in [-0.2, 0) is 4.74 Å². The van der Waals surface area contributed by atoms with Crippen LogP contribution in [-0.4, -0.2) is 17.2 Å². The van der Waals surface area contributed by atoms with Crippen molar-refractivity contribution in [2.24, 2.45) is 0 Å². The molecule has 1 saturated heterocycles. The number of rotatable bonds is 2. The minimum absolute atomic E-state index is 0.0948. The molecule has 2 rings (SSSR count).